The van der Waals surface area contributed by atoms with Gasteiger partial charge in [-0.05, 0) is 40.8 Å². The van der Waals surface area contributed by atoms with Gasteiger partial charge < -0.3 is 14.6 Å². The highest BCUT2D eigenvalue weighted by Crippen LogP contribution is 2.17. The summed E-state index contributed by atoms with van der Waals surface area (Å²) < 4.78 is 10.1. The van der Waals surface area contributed by atoms with Gasteiger partial charge in [0.1, 0.15) is 11.1 Å². The molecule has 0 aliphatic heterocycles. The van der Waals surface area contributed by atoms with E-state index < -0.39 is 23.2 Å². The lowest BCUT2D eigenvalue weighted by Gasteiger charge is -2.26. The van der Waals surface area contributed by atoms with Crippen molar-refractivity contribution in [1.82, 2.24) is 5.32 Å². The lowest BCUT2D eigenvalue weighted by molar-refractivity contribution is -0.139. The van der Waals surface area contributed by atoms with Crippen LogP contribution in [0.3, 0.4) is 0 Å². The zero-order valence-corrected chi connectivity index (χ0v) is 12.3. The summed E-state index contributed by atoms with van der Waals surface area (Å²) in [6.45, 7) is 10.4. The number of amides is 1. The summed E-state index contributed by atoms with van der Waals surface area (Å²) in [6.07, 6.45) is 0.146. The van der Waals surface area contributed by atoms with Gasteiger partial charge in [0, 0.05) is 0 Å². The van der Waals surface area contributed by atoms with Crippen LogP contribution in [0.25, 0.3) is 0 Å². The monoisotopic (exact) mass is 263 g/mol. The van der Waals surface area contributed by atoms with Crippen LogP contribution >= 0.6 is 8.81 Å². The minimum atomic E-state index is -1.08. The highest BCUT2D eigenvalue weighted by molar-refractivity contribution is 7.32. The van der Waals surface area contributed by atoms with Crippen molar-refractivity contribution in [3.05, 3.63) is 0 Å². The van der Waals surface area contributed by atoms with Crippen molar-refractivity contribution in [2.75, 3.05) is 6.16 Å². The third kappa shape index (κ3) is 7.16. The summed E-state index contributed by atoms with van der Waals surface area (Å²) >= 11 is 0. The van der Waals surface area contributed by atoms with Gasteiger partial charge in [-0.25, -0.2) is 9.59 Å². The Bertz CT molecular complexity index is 284. The van der Waals surface area contributed by atoms with Crippen LogP contribution in [0.2, 0.25) is 0 Å². The first-order valence-corrected chi connectivity index (χ1v) is 6.65. The number of carbonyl (C=O) groups excluding carboxylic acids is 2. The van der Waals surface area contributed by atoms with Gasteiger partial charge in [0.25, 0.3) is 0 Å². The van der Waals surface area contributed by atoms with Gasteiger partial charge in [-0.15, -0.1) is 0 Å². The van der Waals surface area contributed by atoms with Crippen molar-refractivity contribution in [3.63, 3.8) is 0 Å². The average Bonchev–Trinajstić information content (AvgIpc) is 2.09. The topological polar surface area (TPSA) is 64.6 Å². The predicted octanol–water partition coefficient (Wildman–Crippen LogP) is 2.45. The quantitative estimate of drug-likeness (QED) is 0.791. The Hall–Kier alpha value is -0.830. The molecule has 6 heteroatoms. The molecule has 0 saturated heterocycles. The number of carbonyl (C=O) groups is 2. The molecule has 0 aliphatic carbocycles. The van der Waals surface area contributed by atoms with E-state index in [0.29, 0.717) is 0 Å². The van der Waals surface area contributed by atoms with Crippen LogP contribution in [0.4, 0.5) is 4.79 Å². The van der Waals surface area contributed by atoms with Gasteiger partial charge in [0.05, 0.1) is 8.81 Å². The minimum Gasteiger partial charge on any atom is -0.447 e. The number of rotatable bonds is 4. The number of alkyl carbamates (subject to hydrolysis) is 1. The van der Waals surface area contributed by atoms with Crippen molar-refractivity contribution >= 4 is 20.9 Å². The molecule has 0 aromatic carbocycles. The van der Waals surface area contributed by atoms with Gasteiger partial charge in [-0.3, -0.25) is 0 Å². The van der Waals surface area contributed by atoms with Crippen LogP contribution in [0.15, 0.2) is 0 Å². The maximum atomic E-state index is 11.6. The van der Waals surface area contributed by atoms with Crippen LogP contribution in [0.1, 0.15) is 41.5 Å². The standard InChI is InChI=1S/C11H22NO4P/c1-7-17-16-8(13)11(5,6)12-9(14)15-10(2,3)4/h17H,7H2,1-6H3,(H,12,14). The molecule has 0 rings (SSSR count). The molecule has 0 heterocycles. The second-order valence-electron chi connectivity index (χ2n) is 5.14. The van der Waals surface area contributed by atoms with E-state index in [-0.39, 0.29) is 8.81 Å². The van der Waals surface area contributed by atoms with E-state index in [2.05, 4.69) is 5.32 Å². The molecule has 0 bridgehead atoms. The summed E-state index contributed by atoms with van der Waals surface area (Å²) in [7, 11) is 0.113. The molecule has 100 valence electrons. The molecule has 0 aromatic heterocycles. The Labute approximate surface area is 104 Å². The third-order valence-corrected chi connectivity index (χ3v) is 2.25. The van der Waals surface area contributed by atoms with Crippen LogP contribution in [-0.4, -0.2) is 29.4 Å². The summed E-state index contributed by atoms with van der Waals surface area (Å²) in [5.41, 5.74) is -1.67. The Kier molecular flexibility index (Phi) is 5.89. The normalized spacial score (nSPS) is 12.6. The van der Waals surface area contributed by atoms with Crippen LogP contribution < -0.4 is 5.32 Å². The van der Waals surface area contributed by atoms with Crippen molar-refractivity contribution in [3.8, 4) is 0 Å². The first-order chi connectivity index (χ1) is 7.58. The number of hydrogen-bond donors (Lipinski definition) is 1. The van der Waals surface area contributed by atoms with Crippen molar-refractivity contribution in [1.29, 1.82) is 0 Å². The van der Waals surface area contributed by atoms with Gasteiger partial charge in [0.15, 0.2) is 0 Å². The van der Waals surface area contributed by atoms with Crippen molar-refractivity contribution in [2.45, 2.75) is 52.7 Å². The van der Waals surface area contributed by atoms with Crippen LogP contribution in [0.5, 0.6) is 0 Å². The Morgan fingerprint density at radius 2 is 1.71 bits per heavy atom. The summed E-state index contributed by atoms with van der Waals surface area (Å²) in [5, 5.41) is 2.49. The van der Waals surface area contributed by atoms with E-state index in [0.717, 1.165) is 6.16 Å². The van der Waals surface area contributed by atoms with E-state index in [4.69, 9.17) is 9.26 Å². The second-order valence-corrected chi connectivity index (χ2v) is 6.34. The molecule has 0 radical (unpaired) electrons. The van der Waals surface area contributed by atoms with Crippen molar-refractivity contribution < 1.29 is 18.8 Å². The molecule has 1 unspecified atom stereocenters. The highest BCUT2D eigenvalue weighted by Gasteiger charge is 2.32. The second kappa shape index (κ2) is 6.20. The molecule has 1 N–H and O–H groups in total. The molecule has 0 aromatic rings. The van der Waals surface area contributed by atoms with Gasteiger partial charge in [0.2, 0.25) is 0 Å². The molecule has 0 aliphatic rings. The van der Waals surface area contributed by atoms with E-state index in [9.17, 15) is 9.59 Å². The third-order valence-electron chi connectivity index (χ3n) is 1.63. The van der Waals surface area contributed by atoms with Gasteiger partial charge >= 0.3 is 12.1 Å². The molecular formula is C11H22NO4P. The summed E-state index contributed by atoms with van der Waals surface area (Å²) in [5.74, 6) is -0.455. The summed E-state index contributed by atoms with van der Waals surface area (Å²) in [6, 6.07) is 0. The molecule has 5 nitrogen and oxygen atoms in total. The fourth-order valence-corrected chi connectivity index (χ4v) is 1.41. The number of ether oxygens (including phenoxy) is 1. The van der Waals surface area contributed by atoms with Crippen LogP contribution in [0, 0.1) is 0 Å². The Morgan fingerprint density at radius 3 is 2.12 bits per heavy atom. The Morgan fingerprint density at radius 1 is 1.18 bits per heavy atom. The molecule has 17 heavy (non-hydrogen) atoms. The molecule has 0 fully saturated rings. The maximum Gasteiger partial charge on any atom is 0.408 e. The number of hydrogen-bond acceptors (Lipinski definition) is 4. The van der Waals surface area contributed by atoms with Crippen molar-refractivity contribution in [2.24, 2.45) is 0 Å². The average molecular weight is 263 g/mol. The zero-order valence-electron chi connectivity index (χ0n) is 11.3. The molecule has 1 atom stereocenters. The highest BCUT2D eigenvalue weighted by atomic mass is 31.1. The molecule has 0 saturated carbocycles. The van der Waals surface area contributed by atoms with Gasteiger partial charge in [-0.2, -0.15) is 0 Å². The predicted molar refractivity (Wildman–Crippen MR) is 68.4 cm³/mol. The molecule has 1 amide bonds. The zero-order chi connectivity index (χ0) is 13.7. The summed E-state index contributed by atoms with van der Waals surface area (Å²) in [4.78, 5) is 23.2. The lowest BCUT2D eigenvalue weighted by atomic mass is 10.1. The van der Waals surface area contributed by atoms with E-state index >= 15 is 0 Å². The molecule has 0 spiro atoms. The SMILES string of the molecule is CCPOC(=O)C(C)(C)NC(=O)OC(C)(C)C. The Balaban J connectivity index is 4.33. The lowest BCUT2D eigenvalue weighted by Crippen LogP contribution is -2.51. The maximum absolute atomic E-state index is 11.6. The van der Waals surface area contributed by atoms with E-state index in [1.54, 1.807) is 34.6 Å². The largest absolute Gasteiger partial charge is 0.447 e. The van der Waals surface area contributed by atoms with E-state index in [1.807, 2.05) is 6.92 Å². The van der Waals surface area contributed by atoms with E-state index in [1.165, 1.54) is 0 Å². The minimum absolute atomic E-state index is 0.113. The first-order valence-electron chi connectivity index (χ1n) is 5.54. The molecular weight excluding hydrogens is 241 g/mol. The number of nitrogens with one attached hydrogen (secondary N) is 1. The van der Waals surface area contributed by atoms with Gasteiger partial charge in [-0.1, -0.05) is 6.92 Å². The first kappa shape index (κ1) is 16.2. The van der Waals surface area contributed by atoms with Crippen LogP contribution in [-0.2, 0) is 14.1 Å². The fourth-order valence-electron chi connectivity index (χ4n) is 0.875. The fraction of sp³-hybridized carbons (Fsp3) is 0.818. The smallest absolute Gasteiger partial charge is 0.408 e.